The Bertz CT molecular complexity index is 1060. The molecular formula is C28H35N3OS. The summed E-state index contributed by atoms with van der Waals surface area (Å²) in [5.74, 6) is 0.158. The SMILES string of the molecule is Cc1cc(C=C2SC(=NC3CCCCC3)N(C3CCCCC3)C2=O)c(C)n1-c1ccccc1. The summed E-state index contributed by atoms with van der Waals surface area (Å²) in [6.45, 7) is 4.28. The molecule has 33 heavy (non-hydrogen) atoms. The van der Waals surface area contributed by atoms with Gasteiger partial charge in [-0.15, -0.1) is 0 Å². The largest absolute Gasteiger partial charge is 0.318 e. The third kappa shape index (κ3) is 4.70. The second kappa shape index (κ2) is 9.92. The molecule has 1 aromatic carbocycles. The Morgan fingerprint density at radius 2 is 1.61 bits per heavy atom. The van der Waals surface area contributed by atoms with Crippen LogP contribution in [0.3, 0.4) is 0 Å². The highest BCUT2D eigenvalue weighted by Gasteiger charge is 2.39. The number of aliphatic imine (C=N–C) groups is 1. The van der Waals surface area contributed by atoms with Crippen molar-refractivity contribution in [3.8, 4) is 5.69 Å². The maximum absolute atomic E-state index is 13.7. The summed E-state index contributed by atoms with van der Waals surface area (Å²) < 4.78 is 2.27. The van der Waals surface area contributed by atoms with E-state index in [0.717, 1.165) is 47.0 Å². The Labute approximate surface area is 202 Å². The Balaban J connectivity index is 1.48. The van der Waals surface area contributed by atoms with Gasteiger partial charge in [-0.2, -0.15) is 0 Å². The molecule has 5 heteroatoms. The number of thioether (sulfide) groups is 1. The van der Waals surface area contributed by atoms with E-state index in [-0.39, 0.29) is 5.91 Å². The van der Waals surface area contributed by atoms with E-state index in [4.69, 9.17) is 4.99 Å². The lowest BCUT2D eigenvalue weighted by atomic mass is 9.94. The number of amides is 1. The first-order valence-electron chi connectivity index (χ1n) is 12.7. The smallest absolute Gasteiger partial charge is 0.267 e. The zero-order valence-corrected chi connectivity index (χ0v) is 20.7. The summed E-state index contributed by atoms with van der Waals surface area (Å²) in [7, 11) is 0. The Morgan fingerprint density at radius 3 is 2.30 bits per heavy atom. The monoisotopic (exact) mass is 461 g/mol. The minimum atomic E-state index is 0.158. The van der Waals surface area contributed by atoms with Crippen LogP contribution >= 0.6 is 11.8 Å². The van der Waals surface area contributed by atoms with E-state index in [2.05, 4.69) is 59.7 Å². The number of hydrogen-bond acceptors (Lipinski definition) is 3. The van der Waals surface area contributed by atoms with Gasteiger partial charge in [-0.25, -0.2) is 0 Å². The highest BCUT2D eigenvalue weighted by molar-refractivity contribution is 8.18. The van der Waals surface area contributed by atoms with Gasteiger partial charge in [-0.3, -0.25) is 14.7 Å². The number of rotatable bonds is 4. The van der Waals surface area contributed by atoms with E-state index in [1.165, 1.54) is 49.9 Å². The lowest BCUT2D eigenvalue weighted by molar-refractivity contribution is -0.124. The topological polar surface area (TPSA) is 37.6 Å². The molecule has 3 aliphatic rings. The van der Waals surface area contributed by atoms with Crippen LogP contribution < -0.4 is 0 Å². The number of para-hydroxylation sites is 1. The Kier molecular flexibility index (Phi) is 6.77. The molecule has 1 amide bonds. The average molecular weight is 462 g/mol. The number of aromatic nitrogens is 1. The Morgan fingerprint density at radius 1 is 0.939 bits per heavy atom. The molecule has 0 atom stereocenters. The number of hydrogen-bond donors (Lipinski definition) is 0. The fourth-order valence-electron chi connectivity index (χ4n) is 5.65. The van der Waals surface area contributed by atoms with Crippen LogP contribution in [0.25, 0.3) is 11.8 Å². The van der Waals surface area contributed by atoms with E-state index in [0.29, 0.717) is 12.1 Å². The van der Waals surface area contributed by atoms with Gasteiger partial charge in [-0.1, -0.05) is 56.7 Å². The maximum Gasteiger partial charge on any atom is 0.267 e. The van der Waals surface area contributed by atoms with Crippen molar-refractivity contribution in [2.75, 3.05) is 0 Å². The van der Waals surface area contributed by atoms with Gasteiger partial charge in [0.1, 0.15) is 0 Å². The lowest BCUT2D eigenvalue weighted by Crippen LogP contribution is -2.41. The standard InChI is InChI=1S/C28H35N3OS/c1-20-18-22(21(2)30(20)24-14-8-4-9-15-24)19-26-27(32)31(25-16-10-5-11-17-25)28(33-26)29-23-12-6-3-7-13-23/h4,8-9,14-15,18-19,23,25H,3,5-7,10-13,16-17H2,1-2H3. The zero-order valence-electron chi connectivity index (χ0n) is 19.9. The van der Waals surface area contributed by atoms with E-state index in [9.17, 15) is 4.79 Å². The van der Waals surface area contributed by atoms with Crippen LogP contribution in [0, 0.1) is 13.8 Å². The molecule has 1 aliphatic heterocycles. The maximum atomic E-state index is 13.7. The summed E-state index contributed by atoms with van der Waals surface area (Å²) >= 11 is 1.61. The fourth-order valence-corrected chi connectivity index (χ4v) is 6.75. The molecule has 1 aromatic heterocycles. The number of nitrogens with zero attached hydrogens (tertiary/aromatic N) is 3. The number of carbonyl (C=O) groups excluding carboxylic acids is 1. The van der Waals surface area contributed by atoms with Gasteiger partial charge in [0.05, 0.1) is 10.9 Å². The molecule has 3 fully saturated rings. The van der Waals surface area contributed by atoms with Gasteiger partial charge in [-0.05, 0) is 81.1 Å². The van der Waals surface area contributed by atoms with E-state index >= 15 is 0 Å². The second-order valence-electron chi connectivity index (χ2n) is 9.78. The van der Waals surface area contributed by atoms with Gasteiger partial charge < -0.3 is 4.57 Å². The van der Waals surface area contributed by atoms with Gasteiger partial charge in [0.2, 0.25) is 0 Å². The van der Waals surface area contributed by atoms with Crippen molar-refractivity contribution in [1.29, 1.82) is 0 Å². The molecule has 2 aromatic rings. The van der Waals surface area contributed by atoms with Gasteiger partial charge in [0.25, 0.3) is 5.91 Å². The first-order chi connectivity index (χ1) is 16.1. The van der Waals surface area contributed by atoms with Crippen molar-refractivity contribution < 1.29 is 4.79 Å². The van der Waals surface area contributed by atoms with Crippen LogP contribution in [0.5, 0.6) is 0 Å². The minimum absolute atomic E-state index is 0.158. The van der Waals surface area contributed by atoms with Gasteiger partial charge >= 0.3 is 0 Å². The normalized spacial score (nSPS) is 23.2. The quantitative estimate of drug-likeness (QED) is 0.458. The molecule has 174 valence electrons. The summed E-state index contributed by atoms with van der Waals surface area (Å²) in [4.78, 5) is 21.7. The molecule has 0 N–H and O–H groups in total. The number of amidine groups is 1. The second-order valence-corrected chi connectivity index (χ2v) is 10.8. The molecule has 0 bridgehead atoms. The highest BCUT2D eigenvalue weighted by atomic mass is 32.2. The number of aryl methyl sites for hydroxylation is 1. The Hall–Kier alpha value is -2.27. The van der Waals surface area contributed by atoms with E-state index < -0.39 is 0 Å². The van der Waals surface area contributed by atoms with Crippen molar-refractivity contribution in [2.45, 2.75) is 90.1 Å². The minimum Gasteiger partial charge on any atom is -0.318 e. The van der Waals surface area contributed by atoms with Crippen molar-refractivity contribution in [3.05, 3.63) is 58.3 Å². The van der Waals surface area contributed by atoms with Crippen LogP contribution in [0.1, 0.15) is 81.2 Å². The van der Waals surface area contributed by atoms with Crippen molar-refractivity contribution in [2.24, 2.45) is 4.99 Å². The third-order valence-electron chi connectivity index (χ3n) is 7.42. The lowest BCUT2D eigenvalue weighted by Gasteiger charge is -2.31. The van der Waals surface area contributed by atoms with Crippen molar-refractivity contribution >= 4 is 28.9 Å². The number of carbonyl (C=O) groups is 1. The molecule has 2 aliphatic carbocycles. The number of benzene rings is 1. The summed E-state index contributed by atoms with van der Waals surface area (Å²) in [5.41, 5.74) is 4.63. The molecule has 0 radical (unpaired) electrons. The molecule has 2 saturated carbocycles. The molecule has 0 unspecified atom stereocenters. The molecule has 0 spiro atoms. The first kappa shape index (κ1) is 22.5. The zero-order chi connectivity index (χ0) is 22.8. The van der Waals surface area contributed by atoms with Crippen molar-refractivity contribution in [1.82, 2.24) is 9.47 Å². The molecule has 2 heterocycles. The van der Waals surface area contributed by atoms with Crippen LogP contribution in [-0.2, 0) is 4.79 Å². The molecule has 4 nitrogen and oxygen atoms in total. The molecule has 5 rings (SSSR count). The van der Waals surface area contributed by atoms with E-state index in [1.807, 2.05) is 6.07 Å². The predicted octanol–water partition coefficient (Wildman–Crippen LogP) is 7.03. The van der Waals surface area contributed by atoms with Crippen molar-refractivity contribution in [3.63, 3.8) is 0 Å². The highest BCUT2D eigenvalue weighted by Crippen LogP contribution is 2.39. The predicted molar refractivity (Wildman–Crippen MR) is 139 cm³/mol. The average Bonchev–Trinajstić information content (AvgIpc) is 3.30. The summed E-state index contributed by atoms with van der Waals surface area (Å²) in [6, 6.07) is 13.3. The fraction of sp³-hybridized carbons (Fsp3) is 0.500. The van der Waals surface area contributed by atoms with Crippen LogP contribution in [0.2, 0.25) is 0 Å². The van der Waals surface area contributed by atoms with Crippen LogP contribution in [0.4, 0.5) is 0 Å². The summed E-state index contributed by atoms with van der Waals surface area (Å²) in [5, 5.41) is 0.960. The van der Waals surface area contributed by atoms with Gasteiger partial charge in [0, 0.05) is 23.1 Å². The van der Waals surface area contributed by atoms with Crippen LogP contribution in [0.15, 0.2) is 46.3 Å². The first-order valence-corrected chi connectivity index (χ1v) is 13.5. The molecule has 1 saturated heterocycles. The van der Waals surface area contributed by atoms with Gasteiger partial charge in [0.15, 0.2) is 5.17 Å². The van der Waals surface area contributed by atoms with E-state index in [1.54, 1.807) is 11.8 Å². The third-order valence-corrected chi connectivity index (χ3v) is 8.41. The van der Waals surface area contributed by atoms with Crippen LogP contribution in [-0.4, -0.2) is 32.6 Å². The summed E-state index contributed by atoms with van der Waals surface area (Å²) in [6.07, 6.45) is 14.2. The molecular weight excluding hydrogens is 426 g/mol.